The number of nitro benzene ring substituents is 1. The van der Waals surface area contributed by atoms with Crippen molar-refractivity contribution < 1.29 is 19.2 Å². The molecule has 1 heterocycles. The number of nitrogens with one attached hydrogen (secondary N) is 2. The number of ether oxygens (including phenoxy) is 2. The Morgan fingerprint density at radius 2 is 1.74 bits per heavy atom. The molecular weight excluding hydrogens is 398 g/mol. The van der Waals surface area contributed by atoms with Crippen molar-refractivity contribution >= 4 is 17.5 Å². The van der Waals surface area contributed by atoms with E-state index in [9.17, 15) is 14.9 Å². The molecule has 3 aromatic rings. The Bertz CT molecular complexity index is 1060. The van der Waals surface area contributed by atoms with Crippen LogP contribution in [0.1, 0.15) is 23.6 Å². The van der Waals surface area contributed by atoms with Crippen LogP contribution in [-0.2, 0) is 11.3 Å². The quantitative estimate of drug-likeness (QED) is 0.440. The van der Waals surface area contributed by atoms with Gasteiger partial charge in [-0.15, -0.1) is 0 Å². The second kappa shape index (κ2) is 9.17. The molecule has 0 fully saturated rings. The molecule has 0 aromatic heterocycles. The first-order valence-corrected chi connectivity index (χ1v) is 9.82. The number of nitrogens with zero attached hydrogens (tertiary/aromatic N) is 1. The van der Waals surface area contributed by atoms with Gasteiger partial charge in [-0.1, -0.05) is 48.5 Å². The third-order valence-corrected chi connectivity index (χ3v) is 4.92. The van der Waals surface area contributed by atoms with Gasteiger partial charge in [0.15, 0.2) is 6.23 Å². The lowest BCUT2D eigenvalue weighted by Crippen LogP contribution is -2.43. The summed E-state index contributed by atoms with van der Waals surface area (Å²) in [7, 11) is 0. The van der Waals surface area contributed by atoms with E-state index in [4.69, 9.17) is 9.47 Å². The molecular formula is C23H21N3O5. The Morgan fingerprint density at radius 1 is 1.03 bits per heavy atom. The number of para-hydroxylation sites is 1. The number of hydrogen-bond donors (Lipinski definition) is 2. The smallest absolute Gasteiger partial charge is 0.410 e. The standard InChI is InChI=1S/C23H21N3O5/c27-23(30-15-16-6-2-1-3-7-16)25-22-14-20(19-8-4-5-9-21(19)31-22)24-17-10-12-18(13-11-17)26(28)29/h1-13,20,22,24H,14-15H2,(H,25,27)/t20-,22-/m0/s1. The van der Waals surface area contributed by atoms with E-state index in [0.717, 1.165) is 16.8 Å². The summed E-state index contributed by atoms with van der Waals surface area (Å²) in [6.07, 6.45) is -0.704. The molecule has 0 spiro atoms. The van der Waals surface area contributed by atoms with Crippen LogP contribution in [0, 0.1) is 10.1 Å². The molecule has 3 aromatic carbocycles. The average Bonchev–Trinajstić information content (AvgIpc) is 2.79. The summed E-state index contributed by atoms with van der Waals surface area (Å²) in [6, 6.07) is 23.0. The number of alkyl carbamates (subject to hydrolysis) is 1. The van der Waals surface area contributed by atoms with Crippen LogP contribution in [-0.4, -0.2) is 17.2 Å². The molecule has 158 valence electrons. The van der Waals surface area contributed by atoms with Gasteiger partial charge in [0, 0.05) is 29.8 Å². The molecule has 0 saturated heterocycles. The number of anilines is 1. The van der Waals surface area contributed by atoms with Crippen molar-refractivity contribution in [3.63, 3.8) is 0 Å². The van der Waals surface area contributed by atoms with Crippen LogP contribution in [0.25, 0.3) is 0 Å². The number of non-ortho nitro benzene ring substituents is 1. The van der Waals surface area contributed by atoms with Crippen LogP contribution in [0.2, 0.25) is 0 Å². The van der Waals surface area contributed by atoms with Gasteiger partial charge in [-0.05, 0) is 23.8 Å². The van der Waals surface area contributed by atoms with E-state index in [1.165, 1.54) is 12.1 Å². The summed E-state index contributed by atoms with van der Waals surface area (Å²) in [5.41, 5.74) is 2.60. The summed E-state index contributed by atoms with van der Waals surface area (Å²) in [5, 5.41) is 17.0. The number of benzene rings is 3. The third kappa shape index (κ3) is 5.11. The number of rotatable bonds is 6. The van der Waals surface area contributed by atoms with Gasteiger partial charge in [0.05, 0.1) is 11.0 Å². The van der Waals surface area contributed by atoms with E-state index >= 15 is 0 Å². The lowest BCUT2D eigenvalue weighted by molar-refractivity contribution is -0.384. The summed E-state index contributed by atoms with van der Waals surface area (Å²) >= 11 is 0. The molecule has 0 radical (unpaired) electrons. The van der Waals surface area contributed by atoms with Crippen LogP contribution in [0.4, 0.5) is 16.2 Å². The lowest BCUT2D eigenvalue weighted by Gasteiger charge is -2.33. The van der Waals surface area contributed by atoms with Gasteiger partial charge in [-0.3, -0.25) is 15.4 Å². The molecule has 1 aliphatic rings. The van der Waals surface area contributed by atoms with Crippen molar-refractivity contribution in [3.8, 4) is 5.75 Å². The molecule has 1 amide bonds. The number of carbonyl (C=O) groups excluding carboxylic acids is 1. The van der Waals surface area contributed by atoms with Gasteiger partial charge in [0.1, 0.15) is 12.4 Å². The fourth-order valence-electron chi connectivity index (χ4n) is 3.42. The van der Waals surface area contributed by atoms with E-state index in [1.54, 1.807) is 12.1 Å². The van der Waals surface area contributed by atoms with Crippen LogP contribution in [0.15, 0.2) is 78.9 Å². The number of fused-ring (bicyclic) bond motifs is 1. The topological polar surface area (TPSA) is 103 Å². The fourth-order valence-corrected chi connectivity index (χ4v) is 3.42. The Labute approximate surface area is 179 Å². The molecule has 8 heteroatoms. The van der Waals surface area contributed by atoms with E-state index < -0.39 is 17.2 Å². The molecule has 2 atom stereocenters. The molecule has 0 unspecified atom stereocenters. The van der Waals surface area contributed by atoms with Crippen LogP contribution >= 0.6 is 0 Å². The van der Waals surface area contributed by atoms with Crippen LogP contribution in [0.3, 0.4) is 0 Å². The van der Waals surface area contributed by atoms with Gasteiger partial charge < -0.3 is 14.8 Å². The predicted molar refractivity (Wildman–Crippen MR) is 115 cm³/mol. The zero-order valence-corrected chi connectivity index (χ0v) is 16.6. The summed E-state index contributed by atoms with van der Waals surface area (Å²) in [5.74, 6) is 0.654. The first-order valence-electron chi connectivity index (χ1n) is 9.82. The number of nitro groups is 1. The highest BCUT2D eigenvalue weighted by Crippen LogP contribution is 2.36. The summed E-state index contributed by atoms with van der Waals surface area (Å²) < 4.78 is 11.2. The second-order valence-corrected chi connectivity index (χ2v) is 7.09. The van der Waals surface area contributed by atoms with Crippen LogP contribution < -0.4 is 15.4 Å². The van der Waals surface area contributed by atoms with E-state index in [1.807, 2.05) is 54.6 Å². The van der Waals surface area contributed by atoms with Crippen molar-refractivity contribution in [3.05, 3.63) is 100 Å². The maximum absolute atomic E-state index is 12.3. The van der Waals surface area contributed by atoms with E-state index in [0.29, 0.717) is 12.2 Å². The summed E-state index contributed by atoms with van der Waals surface area (Å²) in [4.78, 5) is 22.7. The molecule has 0 bridgehead atoms. The second-order valence-electron chi connectivity index (χ2n) is 7.09. The molecule has 2 N–H and O–H groups in total. The molecule has 31 heavy (non-hydrogen) atoms. The first kappa shape index (κ1) is 20.2. The highest BCUT2D eigenvalue weighted by molar-refractivity contribution is 5.67. The van der Waals surface area contributed by atoms with Crippen molar-refractivity contribution in [2.24, 2.45) is 0 Å². The maximum atomic E-state index is 12.3. The highest BCUT2D eigenvalue weighted by Gasteiger charge is 2.29. The molecule has 0 saturated carbocycles. The Kier molecular flexibility index (Phi) is 5.98. The van der Waals surface area contributed by atoms with Gasteiger partial charge in [0.2, 0.25) is 0 Å². The number of hydrogen-bond acceptors (Lipinski definition) is 6. The number of carbonyl (C=O) groups is 1. The van der Waals surface area contributed by atoms with Crippen molar-refractivity contribution in [1.29, 1.82) is 0 Å². The minimum atomic E-state index is -0.589. The zero-order valence-electron chi connectivity index (χ0n) is 16.6. The minimum Gasteiger partial charge on any atom is -0.470 e. The van der Waals surface area contributed by atoms with E-state index in [2.05, 4.69) is 10.6 Å². The molecule has 1 aliphatic heterocycles. The number of amides is 1. The Hall–Kier alpha value is -4.07. The average molecular weight is 419 g/mol. The Morgan fingerprint density at radius 3 is 2.48 bits per heavy atom. The monoisotopic (exact) mass is 419 g/mol. The molecule has 8 nitrogen and oxygen atoms in total. The Balaban J connectivity index is 1.42. The lowest BCUT2D eigenvalue weighted by atomic mass is 9.98. The third-order valence-electron chi connectivity index (χ3n) is 4.92. The van der Waals surface area contributed by atoms with Crippen molar-refractivity contribution in [2.75, 3.05) is 5.32 Å². The SMILES string of the molecule is O=C(N[C@@H]1C[C@H](Nc2ccc([N+](=O)[O-])cc2)c2ccccc2O1)OCc1ccccc1. The summed E-state index contributed by atoms with van der Waals surface area (Å²) in [6.45, 7) is 0.167. The first-order chi connectivity index (χ1) is 15.1. The fraction of sp³-hybridized carbons (Fsp3) is 0.174. The van der Waals surface area contributed by atoms with Gasteiger partial charge >= 0.3 is 6.09 Å². The van der Waals surface area contributed by atoms with Crippen molar-refractivity contribution in [1.82, 2.24) is 5.32 Å². The van der Waals surface area contributed by atoms with Crippen LogP contribution in [0.5, 0.6) is 5.75 Å². The molecule has 0 aliphatic carbocycles. The molecule has 4 rings (SSSR count). The largest absolute Gasteiger partial charge is 0.470 e. The maximum Gasteiger partial charge on any atom is 0.410 e. The highest BCUT2D eigenvalue weighted by atomic mass is 16.6. The predicted octanol–water partition coefficient (Wildman–Crippen LogP) is 4.78. The van der Waals surface area contributed by atoms with Crippen molar-refractivity contribution in [2.45, 2.75) is 25.3 Å². The van der Waals surface area contributed by atoms with Gasteiger partial charge in [-0.25, -0.2) is 4.79 Å². The normalized spacial score (nSPS) is 17.0. The van der Waals surface area contributed by atoms with Gasteiger partial charge in [-0.2, -0.15) is 0 Å². The van der Waals surface area contributed by atoms with E-state index in [-0.39, 0.29) is 18.3 Å². The minimum absolute atomic E-state index is 0.0265. The van der Waals surface area contributed by atoms with Gasteiger partial charge in [0.25, 0.3) is 5.69 Å². The zero-order chi connectivity index (χ0) is 21.6.